The van der Waals surface area contributed by atoms with Crippen molar-refractivity contribution in [1.29, 1.82) is 0 Å². The molecule has 0 aromatic heterocycles. The minimum atomic E-state index is 0.219. The summed E-state index contributed by atoms with van der Waals surface area (Å²) in [6.07, 6.45) is 7.80. The third-order valence-electron chi connectivity index (χ3n) is 7.15. The molecule has 2 heterocycles. The summed E-state index contributed by atoms with van der Waals surface area (Å²) in [5.41, 5.74) is 4.81. The van der Waals surface area contributed by atoms with E-state index < -0.39 is 0 Å². The van der Waals surface area contributed by atoms with Crippen molar-refractivity contribution in [1.82, 2.24) is 9.80 Å². The van der Waals surface area contributed by atoms with Crippen LogP contribution in [0.15, 0.2) is 97.1 Å². The molecule has 0 saturated carbocycles. The first-order chi connectivity index (χ1) is 16.3. The Balaban J connectivity index is 1.13. The van der Waals surface area contributed by atoms with Gasteiger partial charge in [-0.25, -0.2) is 0 Å². The van der Waals surface area contributed by atoms with Crippen molar-refractivity contribution in [3.8, 4) is 0 Å². The lowest BCUT2D eigenvalue weighted by atomic mass is 9.88. The molecule has 2 aliphatic heterocycles. The highest BCUT2D eigenvalue weighted by molar-refractivity contribution is 5.98. The second-order valence-corrected chi connectivity index (χ2v) is 9.20. The van der Waals surface area contributed by atoms with E-state index in [4.69, 9.17) is 0 Å². The van der Waals surface area contributed by atoms with Gasteiger partial charge in [0.25, 0.3) is 5.91 Å². The number of piperidine rings is 1. The Morgan fingerprint density at radius 1 is 0.788 bits per heavy atom. The van der Waals surface area contributed by atoms with E-state index in [2.05, 4.69) is 88.7 Å². The van der Waals surface area contributed by atoms with Crippen molar-refractivity contribution in [2.75, 3.05) is 19.6 Å². The fourth-order valence-corrected chi connectivity index (χ4v) is 5.28. The highest BCUT2D eigenvalue weighted by Gasteiger charge is 2.33. The number of rotatable bonds is 7. The molecule has 0 atom stereocenters. The molecule has 0 unspecified atom stereocenters. The minimum Gasteiger partial charge on any atom is -0.331 e. The van der Waals surface area contributed by atoms with Crippen molar-refractivity contribution in [2.45, 2.75) is 37.8 Å². The van der Waals surface area contributed by atoms with Gasteiger partial charge in [-0.3, -0.25) is 9.69 Å². The van der Waals surface area contributed by atoms with Gasteiger partial charge in [-0.1, -0.05) is 91.0 Å². The average Bonchev–Trinajstić information content (AvgIpc) is 3.22. The van der Waals surface area contributed by atoms with Crippen LogP contribution in [0.2, 0.25) is 0 Å². The molecular formula is C30H32N2O. The predicted molar refractivity (Wildman–Crippen MR) is 134 cm³/mol. The number of nitrogens with zero attached hydrogens (tertiary/aromatic N) is 2. The lowest BCUT2D eigenvalue weighted by Gasteiger charge is -2.36. The number of benzene rings is 3. The normalized spacial score (nSPS) is 17.2. The quantitative estimate of drug-likeness (QED) is 0.432. The van der Waals surface area contributed by atoms with E-state index >= 15 is 0 Å². The van der Waals surface area contributed by atoms with Crippen LogP contribution in [-0.4, -0.2) is 41.4 Å². The summed E-state index contributed by atoms with van der Waals surface area (Å²) in [7, 11) is 0. The number of hydrogen-bond acceptors (Lipinski definition) is 2. The number of hydrogen-bond donors (Lipinski definition) is 0. The molecule has 1 saturated heterocycles. The van der Waals surface area contributed by atoms with E-state index in [9.17, 15) is 4.79 Å². The smallest absolute Gasteiger partial charge is 0.254 e. The molecule has 1 amide bonds. The van der Waals surface area contributed by atoms with Crippen LogP contribution in [0.1, 0.15) is 52.2 Å². The number of amides is 1. The van der Waals surface area contributed by atoms with Crippen molar-refractivity contribution >= 4 is 5.91 Å². The second-order valence-electron chi connectivity index (χ2n) is 9.20. The maximum Gasteiger partial charge on any atom is 0.254 e. The minimum absolute atomic E-state index is 0.219. The van der Waals surface area contributed by atoms with Gasteiger partial charge in [-0.05, 0) is 42.0 Å². The number of likely N-dealkylation sites (tertiary alicyclic amines) is 1. The van der Waals surface area contributed by atoms with Gasteiger partial charge in [0.15, 0.2) is 0 Å². The first kappa shape index (κ1) is 21.7. The second kappa shape index (κ2) is 10.2. The molecule has 5 rings (SSSR count). The van der Waals surface area contributed by atoms with Crippen LogP contribution >= 0.6 is 0 Å². The standard InChI is InChI=1S/C30H32N2O/c33-30-29-17-8-7-15-26(29)23-32(30)27-18-21-31(22-19-27)20-10-9-16-28(24-11-3-1-4-12-24)25-13-5-2-6-14-25/h1-15,17,27-28H,16,18-23H2/b10-9-. The third kappa shape index (κ3) is 4.94. The predicted octanol–water partition coefficient (Wildman–Crippen LogP) is 5.89. The highest BCUT2D eigenvalue weighted by Crippen LogP contribution is 2.29. The van der Waals surface area contributed by atoms with E-state index in [1.165, 1.54) is 16.7 Å². The fraction of sp³-hybridized carbons (Fsp3) is 0.300. The molecular weight excluding hydrogens is 404 g/mol. The Labute approximate surface area is 197 Å². The third-order valence-corrected chi connectivity index (χ3v) is 7.15. The maximum absolute atomic E-state index is 12.8. The topological polar surface area (TPSA) is 23.6 Å². The molecule has 0 spiro atoms. The zero-order valence-corrected chi connectivity index (χ0v) is 19.1. The van der Waals surface area contributed by atoms with Gasteiger partial charge in [-0.15, -0.1) is 0 Å². The molecule has 33 heavy (non-hydrogen) atoms. The molecule has 1 fully saturated rings. The maximum atomic E-state index is 12.8. The molecule has 3 heteroatoms. The number of carbonyl (C=O) groups is 1. The van der Waals surface area contributed by atoms with Gasteiger partial charge in [0.2, 0.25) is 0 Å². The summed E-state index contributed by atoms with van der Waals surface area (Å²) in [4.78, 5) is 17.4. The lowest BCUT2D eigenvalue weighted by molar-refractivity contribution is 0.0607. The zero-order chi connectivity index (χ0) is 22.5. The van der Waals surface area contributed by atoms with E-state index in [1.54, 1.807) is 0 Å². The van der Waals surface area contributed by atoms with Crippen LogP contribution in [0.25, 0.3) is 0 Å². The summed E-state index contributed by atoms with van der Waals surface area (Å²) in [5, 5.41) is 0. The van der Waals surface area contributed by atoms with Gasteiger partial charge >= 0.3 is 0 Å². The van der Waals surface area contributed by atoms with Crippen LogP contribution in [0.3, 0.4) is 0 Å². The van der Waals surface area contributed by atoms with Gasteiger partial charge in [0, 0.05) is 43.7 Å². The summed E-state index contributed by atoms with van der Waals surface area (Å²) < 4.78 is 0. The summed E-state index contributed by atoms with van der Waals surface area (Å²) in [6, 6.07) is 30.0. The molecule has 0 bridgehead atoms. The lowest BCUT2D eigenvalue weighted by Crippen LogP contribution is -2.45. The summed E-state index contributed by atoms with van der Waals surface area (Å²) >= 11 is 0. The molecule has 3 aromatic carbocycles. The average molecular weight is 437 g/mol. The molecule has 3 aromatic rings. The SMILES string of the molecule is O=C1c2ccccc2CN1C1CCN(C/C=C\CC(c2ccccc2)c2ccccc2)CC1. The van der Waals surface area contributed by atoms with Crippen LogP contribution in [-0.2, 0) is 6.54 Å². The summed E-state index contributed by atoms with van der Waals surface area (Å²) in [5.74, 6) is 0.606. The van der Waals surface area contributed by atoms with Crippen molar-refractivity contribution in [3.63, 3.8) is 0 Å². The van der Waals surface area contributed by atoms with Crippen LogP contribution in [0.4, 0.5) is 0 Å². The zero-order valence-electron chi connectivity index (χ0n) is 19.1. The van der Waals surface area contributed by atoms with E-state index in [1.807, 2.05) is 18.2 Å². The number of allylic oxidation sites excluding steroid dienone is 1. The van der Waals surface area contributed by atoms with Crippen LogP contribution in [0, 0.1) is 0 Å². The summed E-state index contributed by atoms with van der Waals surface area (Å²) in [6.45, 7) is 3.86. The Morgan fingerprint density at radius 2 is 1.39 bits per heavy atom. The largest absolute Gasteiger partial charge is 0.331 e. The van der Waals surface area contributed by atoms with Gasteiger partial charge in [-0.2, -0.15) is 0 Å². The van der Waals surface area contributed by atoms with Gasteiger partial charge in [0.1, 0.15) is 0 Å². The van der Waals surface area contributed by atoms with Crippen molar-refractivity contribution in [3.05, 3.63) is 119 Å². The van der Waals surface area contributed by atoms with E-state index in [0.29, 0.717) is 12.0 Å². The van der Waals surface area contributed by atoms with Crippen LogP contribution < -0.4 is 0 Å². The molecule has 2 aliphatic rings. The van der Waals surface area contributed by atoms with Crippen molar-refractivity contribution in [2.24, 2.45) is 0 Å². The molecule has 0 radical (unpaired) electrons. The molecule has 3 nitrogen and oxygen atoms in total. The Morgan fingerprint density at radius 3 is 2.03 bits per heavy atom. The molecule has 168 valence electrons. The van der Waals surface area contributed by atoms with Gasteiger partial charge in [0.05, 0.1) is 0 Å². The fourth-order valence-electron chi connectivity index (χ4n) is 5.28. The Hall–Kier alpha value is -3.17. The monoisotopic (exact) mass is 436 g/mol. The Kier molecular flexibility index (Phi) is 6.68. The number of fused-ring (bicyclic) bond motifs is 1. The van der Waals surface area contributed by atoms with E-state index in [-0.39, 0.29) is 5.91 Å². The highest BCUT2D eigenvalue weighted by atomic mass is 16.2. The Bertz CT molecular complexity index is 1050. The van der Waals surface area contributed by atoms with Crippen molar-refractivity contribution < 1.29 is 4.79 Å². The first-order valence-electron chi connectivity index (χ1n) is 12.2. The van der Waals surface area contributed by atoms with E-state index in [0.717, 1.165) is 51.0 Å². The number of carbonyl (C=O) groups excluding carboxylic acids is 1. The van der Waals surface area contributed by atoms with Crippen LogP contribution in [0.5, 0.6) is 0 Å². The van der Waals surface area contributed by atoms with Gasteiger partial charge < -0.3 is 4.90 Å². The molecule has 0 aliphatic carbocycles. The molecule has 0 N–H and O–H groups in total. The first-order valence-corrected chi connectivity index (χ1v) is 12.2.